The fourth-order valence-corrected chi connectivity index (χ4v) is 1.56. The van der Waals surface area contributed by atoms with Crippen LogP contribution in [0.5, 0.6) is 5.75 Å². The lowest BCUT2D eigenvalue weighted by molar-refractivity contribution is 0.0260. The molecule has 0 aromatic heterocycles. The first kappa shape index (κ1) is 15.0. The van der Waals surface area contributed by atoms with Crippen molar-refractivity contribution in [3.8, 4) is 5.75 Å². The van der Waals surface area contributed by atoms with E-state index in [9.17, 15) is 5.11 Å². The zero-order chi connectivity index (χ0) is 13.4. The smallest absolute Gasteiger partial charge is 0.118 e. The van der Waals surface area contributed by atoms with Gasteiger partial charge in [0.25, 0.3) is 0 Å². The molecule has 0 fully saturated rings. The van der Waals surface area contributed by atoms with Gasteiger partial charge in [0, 0.05) is 0 Å². The van der Waals surface area contributed by atoms with Crippen molar-refractivity contribution in [2.75, 3.05) is 13.7 Å². The highest BCUT2D eigenvalue weighted by Gasteiger charge is 2.07. The number of benzene rings is 1. The van der Waals surface area contributed by atoms with Gasteiger partial charge in [-0.15, -0.1) is 0 Å². The topological polar surface area (TPSA) is 58.9 Å². The number of methoxy groups -OCH3 is 1. The van der Waals surface area contributed by atoms with Gasteiger partial charge in [-0.1, -0.05) is 12.1 Å². The van der Waals surface area contributed by atoms with Crippen LogP contribution in [-0.2, 0) is 11.3 Å². The standard InChI is InChI=1S/C14H22O4/c1-11(3-6-13(16)9-15)18-10-12-4-7-14(17-2)8-5-12/h4-5,7-8,11,13,15-16H,3,6,9-10H2,1-2H3/t11-,13+/m0/s1. The van der Waals surface area contributed by atoms with E-state index in [1.165, 1.54) is 0 Å². The first-order valence-corrected chi connectivity index (χ1v) is 6.19. The van der Waals surface area contributed by atoms with E-state index in [-0.39, 0.29) is 12.7 Å². The maximum Gasteiger partial charge on any atom is 0.118 e. The Morgan fingerprint density at radius 3 is 2.39 bits per heavy atom. The fourth-order valence-electron chi connectivity index (χ4n) is 1.56. The molecule has 0 saturated carbocycles. The Balaban J connectivity index is 2.26. The molecular weight excluding hydrogens is 232 g/mol. The predicted octanol–water partition coefficient (Wildman–Crippen LogP) is 1.73. The number of hydrogen-bond donors (Lipinski definition) is 2. The largest absolute Gasteiger partial charge is 0.497 e. The quantitative estimate of drug-likeness (QED) is 0.742. The molecule has 0 amide bonds. The molecule has 18 heavy (non-hydrogen) atoms. The summed E-state index contributed by atoms with van der Waals surface area (Å²) in [6, 6.07) is 7.74. The Kier molecular flexibility index (Phi) is 6.72. The zero-order valence-electron chi connectivity index (χ0n) is 11.0. The van der Waals surface area contributed by atoms with E-state index in [1.54, 1.807) is 7.11 Å². The summed E-state index contributed by atoms with van der Waals surface area (Å²) in [4.78, 5) is 0. The normalized spacial score (nSPS) is 14.2. The van der Waals surface area contributed by atoms with Crippen LogP contribution >= 0.6 is 0 Å². The molecule has 0 spiro atoms. The molecule has 0 aliphatic carbocycles. The monoisotopic (exact) mass is 254 g/mol. The van der Waals surface area contributed by atoms with Crippen molar-refractivity contribution in [1.29, 1.82) is 0 Å². The van der Waals surface area contributed by atoms with Crippen LogP contribution in [-0.4, -0.2) is 36.1 Å². The van der Waals surface area contributed by atoms with Crippen LogP contribution in [0.1, 0.15) is 25.3 Å². The third kappa shape index (κ3) is 5.49. The lowest BCUT2D eigenvalue weighted by Gasteiger charge is -2.14. The minimum absolute atomic E-state index is 0.0632. The second-order valence-corrected chi connectivity index (χ2v) is 4.38. The molecule has 0 aliphatic heterocycles. The molecule has 1 rings (SSSR count). The number of aliphatic hydroxyl groups excluding tert-OH is 2. The molecule has 0 radical (unpaired) electrons. The summed E-state index contributed by atoms with van der Waals surface area (Å²) in [5.74, 6) is 0.831. The van der Waals surface area contributed by atoms with Crippen molar-refractivity contribution >= 4 is 0 Å². The van der Waals surface area contributed by atoms with Gasteiger partial charge in [-0.25, -0.2) is 0 Å². The third-order valence-electron chi connectivity index (χ3n) is 2.81. The maximum atomic E-state index is 9.23. The molecule has 4 nitrogen and oxygen atoms in total. The van der Waals surface area contributed by atoms with Gasteiger partial charge < -0.3 is 19.7 Å². The van der Waals surface area contributed by atoms with Crippen LogP contribution < -0.4 is 4.74 Å². The molecule has 0 unspecified atom stereocenters. The Morgan fingerprint density at radius 1 is 1.17 bits per heavy atom. The van der Waals surface area contributed by atoms with Crippen LogP contribution in [0.15, 0.2) is 24.3 Å². The second kappa shape index (κ2) is 8.08. The molecule has 0 saturated heterocycles. The summed E-state index contributed by atoms with van der Waals surface area (Å²) in [5.41, 5.74) is 1.09. The third-order valence-corrected chi connectivity index (χ3v) is 2.81. The van der Waals surface area contributed by atoms with Crippen molar-refractivity contribution in [3.05, 3.63) is 29.8 Å². The Bertz CT molecular complexity index is 323. The molecule has 4 heteroatoms. The van der Waals surface area contributed by atoms with Gasteiger partial charge in [0.2, 0.25) is 0 Å². The van der Waals surface area contributed by atoms with Gasteiger partial charge in [-0.05, 0) is 37.5 Å². The summed E-state index contributed by atoms with van der Waals surface area (Å²) < 4.78 is 10.7. The van der Waals surface area contributed by atoms with E-state index < -0.39 is 6.10 Å². The lowest BCUT2D eigenvalue weighted by Crippen LogP contribution is -2.16. The summed E-state index contributed by atoms with van der Waals surface area (Å²) in [7, 11) is 1.64. The summed E-state index contributed by atoms with van der Waals surface area (Å²) in [6.45, 7) is 2.32. The molecule has 0 bridgehead atoms. The van der Waals surface area contributed by atoms with Gasteiger partial charge in [-0.3, -0.25) is 0 Å². The SMILES string of the molecule is COc1ccc(CO[C@@H](C)CC[C@@H](O)CO)cc1. The molecule has 0 heterocycles. The first-order valence-electron chi connectivity index (χ1n) is 6.19. The molecule has 2 atom stereocenters. The van der Waals surface area contributed by atoms with Gasteiger partial charge in [0.05, 0.1) is 32.5 Å². The van der Waals surface area contributed by atoms with Crippen LogP contribution in [0.2, 0.25) is 0 Å². The van der Waals surface area contributed by atoms with Crippen LogP contribution in [0.25, 0.3) is 0 Å². The summed E-state index contributed by atoms with van der Waals surface area (Å²) >= 11 is 0. The predicted molar refractivity (Wildman–Crippen MR) is 69.6 cm³/mol. The van der Waals surface area contributed by atoms with Gasteiger partial charge in [0.15, 0.2) is 0 Å². The van der Waals surface area contributed by atoms with E-state index in [0.29, 0.717) is 13.0 Å². The molecule has 102 valence electrons. The molecular formula is C14H22O4. The number of hydrogen-bond acceptors (Lipinski definition) is 4. The molecule has 1 aromatic carbocycles. The minimum atomic E-state index is -0.642. The first-order chi connectivity index (χ1) is 8.65. The van der Waals surface area contributed by atoms with Crippen LogP contribution in [0, 0.1) is 0 Å². The van der Waals surface area contributed by atoms with E-state index in [1.807, 2.05) is 31.2 Å². The van der Waals surface area contributed by atoms with Crippen LogP contribution in [0.3, 0.4) is 0 Å². The minimum Gasteiger partial charge on any atom is -0.497 e. The average Bonchev–Trinajstić information content (AvgIpc) is 2.42. The molecule has 0 aliphatic rings. The number of rotatable bonds is 8. The molecule has 1 aromatic rings. The highest BCUT2D eigenvalue weighted by Crippen LogP contribution is 2.13. The highest BCUT2D eigenvalue weighted by molar-refractivity contribution is 5.26. The maximum absolute atomic E-state index is 9.23. The fraction of sp³-hybridized carbons (Fsp3) is 0.571. The van der Waals surface area contributed by atoms with Crippen molar-refractivity contribution in [2.45, 2.75) is 38.6 Å². The van der Waals surface area contributed by atoms with E-state index in [4.69, 9.17) is 14.6 Å². The van der Waals surface area contributed by atoms with Gasteiger partial charge in [0.1, 0.15) is 5.75 Å². The zero-order valence-corrected chi connectivity index (χ0v) is 11.0. The Hall–Kier alpha value is -1.10. The van der Waals surface area contributed by atoms with Gasteiger partial charge >= 0.3 is 0 Å². The summed E-state index contributed by atoms with van der Waals surface area (Å²) in [5, 5.41) is 17.9. The van der Waals surface area contributed by atoms with E-state index in [0.717, 1.165) is 17.7 Å². The highest BCUT2D eigenvalue weighted by atomic mass is 16.5. The van der Waals surface area contributed by atoms with E-state index >= 15 is 0 Å². The van der Waals surface area contributed by atoms with Crippen molar-refractivity contribution in [1.82, 2.24) is 0 Å². The van der Waals surface area contributed by atoms with E-state index in [2.05, 4.69) is 0 Å². The average molecular weight is 254 g/mol. The Morgan fingerprint density at radius 2 is 1.83 bits per heavy atom. The van der Waals surface area contributed by atoms with Gasteiger partial charge in [-0.2, -0.15) is 0 Å². The van der Waals surface area contributed by atoms with Crippen molar-refractivity contribution < 1.29 is 19.7 Å². The second-order valence-electron chi connectivity index (χ2n) is 4.38. The van der Waals surface area contributed by atoms with Crippen molar-refractivity contribution in [2.24, 2.45) is 0 Å². The van der Waals surface area contributed by atoms with Crippen molar-refractivity contribution in [3.63, 3.8) is 0 Å². The number of aliphatic hydroxyl groups is 2. The molecule has 2 N–H and O–H groups in total. The Labute approximate surface area is 108 Å². The lowest BCUT2D eigenvalue weighted by atomic mass is 10.1. The van der Waals surface area contributed by atoms with Crippen LogP contribution in [0.4, 0.5) is 0 Å². The number of ether oxygens (including phenoxy) is 2. The summed E-state index contributed by atoms with van der Waals surface area (Å²) in [6.07, 6.45) is 0.711.